The third kappa shape index (κ3) is 2.86. The van der Waals surface area contributed by atoms with Crippen LogP contribution >= 0.6 is 11.3 Å². The van der Waals surface area contributed by atoms with Crippen LogP contribution in [0, 0.1) is 6.92 Å². The second-order valence-electron chi connectivity index (χ2n) is 4.53. The molecule has 2 heterocycles. The standard InChI is InChI=1S/C13H11N3O4S2/c1-7-15-9-3-2-8(6-11(9)21-7)16-13(17)10-4-5-12(20-10)22(14,18)19/h2-6H,1H3,(H,16,17)(H2,14,18,19). The summed E-state index contributed by atoms with van der Waals surface area (Å²) in [5.74, 6) is -0.694. The Morgan fingerprint density at radius 3 is 2.77 bits per heavy atom. The normalized spacial score (nSPS) is 11.7. The van der Waals surface area contributed by atoms with Crippen LogP contribution in [0.1, 0.15) is 15.6 Å². The highest BCUT2D eigenvalue weighted by Gasteiger charge is 2.17. The maximum Gasteiger partial charge on any atom is 0.291 e. The van der Waals surface area contributed by atoms with E-state index in [1.54, 1.807) is 18.2 Å². The maximum atomic E-state index is 12.0. The molecule has 3 aromatic rings. The van der Waals surface area contributed by atoms with E-state index in [1.165, 1.54) is 17.4 Å². The van der Waals surface area contributed by atoms with Crippen LogP contribution in [0.2, 0.25) is 0 Å². The molecule has 0 saturated carbocycles. The number of hydrogen-bond acceptors (Lipinski definition) is 6. The lowest BCUT2D eigenvalue weighted by Gasteiger charge is -2.02. The van der Waals surface area contributed by atoms with Gasteiger partial charge in [-0.1, -0.05) is 0 Å². The molecule has 0 aliphatic carbocycles. The van der Waals surface area contributed by atoms with Crippen molar-refractivity contribution in [2.24, 2.45) is 5.14 Å². The summed E-state index contributed by atoms with van der Waals surface area (Å²) in [5, 5.41) is 8.04. The molecule has 0 radical (unpaired) electrons. The molecule has 3 rings (SSSR count). The minimum atomic E-state index is -3.97. The number of aryl methyl sites for hydroxylation is 1. The van der Waals surface area contributed by atoms with Crippen LogP contribution in [-0.2, 0) is 10.0 Å². The molecule has 114 valence electrons. The Morgan fingerprint density at radius 1 is 1.32 bits per heavy atom. The summed E-state index contributed by atoms with van der Waals surface area (Å²) in [4.78, 5) is 16.4. The van der Waals surface area contributed by atoms with Crippen molar-refractivity contribution in [3.63, 3.8) is 0 Å². The molecule has 0 saturated heterocycles. The first kappa shape index (κ1) is 14.7. The zero-order chi connectivity index (χ0) is 15.9. The highest BCUT2D eigenvalue weighted by Crippen LogP contribution is 2.25. The second kappa shape index (κ2) is 5.20. The van der Waals surface area contributed by atoms with Crippen LogP contribution in [0.15, 0.2) is 39.8 Å². The van der Waals surface area contributed by atoms with E-state index in [2.05, 4.69) is 10.3 Å². The van der Waals surface area contributed by atoms with Gasteiger partial charge in [0.05, 0.1) is 15.2 Å². The molecule has 1 amide bonds. The molecule has 0 aliphatic heterocycles. The minimum Gasteiger partial charge on any atom is -0.438 e. The number of nitrogens with two attached hydrogens (primary N) is 1. The van der Waals surface area contributed by atoms with Gasteiger partial charge >= 0.3 is 0 Å². The molecule has 1 aromatic carbocycles. The van der Waals surface area contributed by atoms with E-state index in [4.69, 9.17) is 9.56 Å². The Morgan fingerprint density at radius 2 is 2.09 bits per heavy atom. The lowest BCUT2D eigenvalue weighted by atomic mass is 10.3. The number of primary sulfonamides is 1. The average molecular weight is 337 g/mol. The molecule has 22 heavy (non-hydrogen) atoms. The van der Waals surface area contributed by atoms with Crippen molar-refractivity contribution in [3.8, 4) is 0 Å². The number of hydrogen-bond donors (Lipinski definition) is 2. The Labute approximate surface area is 129 Å². The summed E-state index contributed by atoms with van der Waals surface area (Å²) in [6.07, 6.45) is 0. The quantitative estimate of drug-likeness (QED) is 0.759. The number of furan rings is 1. The fourth-order valence-electron chi connectivity index (χ4n) is 1.91. The molecule has 0 spiro atoms. The van der Waals surface area contributed by atoms with E-state index in [9.17, 15) is 13.2 Å². The van der Waals surface area contributed by atoms with Crippen LogP contribution in [0.3, 0.4) is 0 Å². The van der Waals surface area contributed by atoms with E-state index >= 15 is 0 Å². The molecule has 0 unspecified atom stereocenters. The third-order valence-electron chi connectivity index (χ3n) is 2.84. The zero-order valence-corrected chi connectivity index (χ0v) is 13.0. The van der Waals surface area contributed by atoms with Crippen molar-refractivity contribution < 1.29 is 17.6 Å². The van der Waals surface area contributed by atoms with Gasteiger partial charge in [0.1, 0.15) is 0 Å². The molecule has 7 nitrogen and oxygen atoms in total. The van der Waals surface area contributed by atoms with Crippen LogP contribution in [0.5, 0.6) is 0 Å². The molecule has 0 aliphatic rings. The molecule has 0 fully saturated rings. The summed E-state index contributed by atoms with van der Waals surface area (Å²) in [5.41, 5.74) is 1.42. The van der Waals surface area contributed by atoms with Crippen molar-refractivity contribution in [2.75, 3.05) is 5.32 Å². The number of fused-ring (bicyclic) bond motifs is 1. The number of rotatable bonds is 3. The van der Waals surface area contributed by atoms with Crippen LogP contribution < -0.4 is 10.5 Å². The van der Waals surface area contributed by atoms with Crippen LogP contribution in [0.4, 0.5) is 5.69 Å². The van der Waals surface area contributed by atoms with Crippen molar-refractivity contribution in [1.82, 2.24) is 4.98 Å². The molecule has 3 N–H and O–H groups in total. The van der Waals surface area contributed by atoms with Gasteiger partial charge in [0.25, 0.3) is 15.9 Å². The van der Waals surface area contributed by atoms with Gasteiger partial charge in [-0.2, -0.15) is 0 Å². The summed E-state index contributed by atoms with van der Waals surface area (Å²) >= 11 is 1.51. The lowest BCUT2D eigenvalue weighted by molar-refractivity contribution is 0.0991. The summed E-state index contributed by atoms with van der Waals surface area (Å²) in [6.45, 7) is 1.90. The van der Waals surface area contributed by atoms with Gasteiger partial charge in [0, 0.05) is 5.69 Å². The third-order valence-corrected chi connectivity index (χ3v) is 4.55. The number of nitrogens with zero attached hydrogens (tertiary/aromatic N) is 1. The minimum absolute atomic E-state index is 0.135. The van der Waals surface area contributed by atoms with E-state index in [-0.39, 0.29) is 5.76 Å². The fraction of sp³-hybridized carbons (Fsp3) is 0.0769. The van der Waals surface area contributed by atoms with Crippen molar-refractivity contribution >= 4 is 43.2 Å². The van der Waals surface area contributed by atoms with Gasteiger partial charge in [0.2, 0.25) is 5.09 Å². The number of benzene rings is 1. The molecular weight excluding hydrogens is 326 g/mol. The largest absolute Gasteiger partial charge is 0.438 e. The number of anilines is 1. The number of sulfonamides is 1. The summed E-state index contributed by atoms with van der Waals surface area (Å²) < 4.78 is 28.1. The number of carbonyl (C=O) groups excluding carboxylic acids is 1. The summed E-state index contributed by atoms with van der Waals surface area (Å²) in [6, 6.07) is 7.70. The Kier molecular flexibility index (Phi) is 3.47. The van der Waals surface area contributed by atoms with Crippen molar-refractivity contribution in [2.45, 2.75) is 12.0 Å². The number of thiazole rings is 1. The Balaban J connectivity index is 1.84. The number of carbonyl (C=O) groups is 1. The van der Waals surface area contributed by atoms with Crippen molar-refractivity contribution in [3.05, 3.63) is 41.1 Å². The number of nitrogens with one attached hydrogen (secondary N) is 1. The van der Waals surface area contributed by atoms with Gasteiger partial charge < -0.3 is 9.73 Å². The zero-order valence-electron chi connectivity index (χ0n) is 11.4. The topological polar surface area (TPSA) is 115 Å². The maximum absolute atomic E-state index is 12.0. The first-order valence-electron chi connectivity index (χ1n) is 6.14. The van der Waals surface area contributed by atoms with Gasteiger partial charge in [-0.3, -0.25) is 4.79 Å². The Hall–Kier alpha value is -2.23. The molecule has 0 atom stereocenters. The molecular formula is C13H11N3O4S2. The Bertz CT molecular complexity index is 972. The highest BCUT2D eigenvalue weighted by molar-refractivity contribution is 7.89. The highest BCUT2D eigenvalue weighted by atomic mass is 32.2. The van der Waals surface area contributed by atoms with Crippen LogP contribution in [-0.4, -0.2) is 19.3 Å². The van der Waals surface area contributed by atoms with Gasteiger partial charge in [-0.15, -0.1) is 11.3 Å². The van der Waals surface area contributed by atoms with E-state index in [0.29, 0.717) is 5.69 Å². The first-order valence-corrected chi connectivity index (χ1v) is 8.50. The smallest absolute Gasteiger partial charge is 0.291 e. The number of amides is 1. The monoisotopic (exact) mass is 337 g/mol. The SMILES string of the molecule is Cc1nc2ccc(NC(=O)c3ccc(S(N)(=O)=O)o3)cc2s1. The predicted molar refractivity (Wildman–Crippen MR) is 82.4 cm³/mol. The van der Waals surface area contributed by atoms with Gasteiger partial charge in [0.15, 0.2) is 5.76 Å². The van der Waals surface area contributed by atoms with Crippen LogP contribution in [0.25, 0.3) is 10.2 Å². The second-order valence-corrected chi connectivity index (χ2v) is 7.26. The van der Waals surface area contributed by atoms with E-state index < -0.39 is 21.0 Å². The van der Waals surface area contributed by atoms with E-state index in [1.807, 2.05) is 6.92 Å². The summed E-state index contributed by atoms with van der Waals surface area (Å²) in [7, 11) is -3.97. The van der Waals surface area contributed by atoms with E-state index in [0.717, 1.165) is 21.3 Å². The first-order chi connectivity index (χ1) is 10.3. The average Bonchev–Trinajstić information content (AvgIpc) is 3.02. The molecule has 9 heteroatoms. The predicted octanol–water partition coefficient (Wildman–Crippen LogP) is 2.10. The van der Waals surface area contributed by atoms with Gasteiger partial charge in [-0.05, 0) is 37.3 Å². The van der Waals surface area contributed by atoms with Gasteiger partial charge in [-0.25, -0.2) is 18.5 Å². The number of aromatic nitrogens is 1. The fourth-order valence-corrected chi connectivity index (χ4v) is 3.24. The molecule has 0 bridgehead atoms. The molecule has 2 aromatic heterocycles. The van der Waals surface area contributed by atoms with Crippen molar-refractivity contribution in [1.29, 1.82) is 0 Å². The lowest BCUT2D eigenvalue weighted by Crippen LogP contribution is -2.12.